The van der Waals surface area contributed by atoms with Gasteiger partial charge in [-0.05, 0) is 37.9 Å². The van der Waals surface area contributed by atoms with Crippen LogP contribution in [-0.4, -0.2) is 33.4 Å². The first-order chi connectivity index (χ1) is 12.3. The number of sulfonamides is 2. The number of imidazole rings is 1. The highest BCUT2D eigenvalue weighted by atomic mass is 32.2. The lowest BCUT2D eigenvalue weighted by Gasteiger charge is -2.11. The molecule has 0 bridgehead atoms. The van der Waals surface area contributed by atoms with Crippen molar-refractivity contribution in [2.24, 2.45) is 5.92 Å². The summed E-state index contributed by atoms with van der Waals surface area (Å²) in [5.41, 5.74) is -0.0170. The third kappa shape index (κ3) is 3.92. The summed E-state index contributed by atoms with van der Waals surface area (Å²) in [6, 6.07) is 5.84. The lowest BCUT2D eigenvalue weighted by Crippen LogP contribution is -2.22. The van der Waals surface area contributed by atoms with Gasteiger partial charge in [-0.15, -0.1) is 0 Å². The van der Waals surface area contributed by atoms with Crippen molar-refractivity contribution in [2.45, 2.75) is 42.7 Å². The highest BCUT2D eigenvalue weighted by molar-refractivity contribution is 7.93. The van der Waals surface area contributed by atoms with Crippen molar-refractivity contribution in [3.63, 3.8) is 0 Å². The van der Waals surface area contributed by atoms with Gasteiger partial charge < -0.3 is 4.57 Å². The van der Waals surface area contributed by atoms with Gasteiger partial charge in [0.1, 0.15) is 10.7 Å². The fraction of sp³-hybridized carbons (Fsp3) is 0.438. The average Bonchev–Trinajstić information content (AvgIpc) is 3.31. The zero-order valence-electron chi connectivity index (χ0n) is 14.6. The van der Waals surface area contributed by atoms with E-state index in [-0.39, 0.29) is 15.6 Å². The zero-order chi connectivity index (χ0) is 18.9. The molecule has 1 saturated carbocycles. The van der Waals surface area contributed by atoms with E-state index in [9.17, 15) is 16.8 Å². The molecule has 0 radical (unpaired) electrons. The van der Waals surface area contributed by atoms with E-state index in [1.807, 2.05) is 11.5 Å². The van der Waals surface area contributed by atoms with Gasteiger partial charge in [-0.2, -0.15) is 8.42 Å². The maximum Gasteiger partial charge on any atom is 0.280 e. The summed E-state index contributed by atoms with van der Waals surface area (Å²) in [5, 5.41) is -0.105. The Balaban J connectivity index is 1.94. The van der Waals surface area contributed by atoms with Crippen LogP contribution in [0.25, 0.3) is 0 Å². The van der Waals surface area contributed by atoms with Crippen molar-refractivity contribution in [1.82, 2.24) is 14.3 Å². The van der Waals surface area contributed by atoms with Gasteiger partial charge in [0, 0.05) is 19.2 Å². The van der Waals surface area contributed by atoms with Gasteiger partial charge in [0.2, 0.25) is 10.0 Å². The van der Waals surface area contributed by atoms with Crippen LogP contribution in [0.3, 0.4) is 0 Å². The Morgan fingerprint density at radius 2 is 1.85 bits per heavy atom. The molecule has 26 heavy (non-hydrogen) atoms. The van der Waals surface area contributed by atoms with Gasteiger partial charge in [0.25, 0.3) is 10.0 Å². The van der Waals surface area contributed by atoms with E-state index in [0.717, 1.165) is 19.4 Å². The molecule has 3 rings (SSSR count). The van der Waals surface area contributed by atoms with Crippen molar-refractivity contribution < 1.29 is 16.8 Å². The van der Waals surface area contributed by atoms with Crippen molar-refractivity contribution in [1.29, 1.82) is 0 Å². The molecular formula is C16H22N4O4S2. The highest BCUT2D eigenvalue weighted by Gasteiger charge is 2.27. The van der Waals surface area contributed by atoms with Crippen LogP contribution in [-0.2, 0) is 33.0 Å². The molecule has 0 amide bonds. The van der Waals surface area contributed by atoms with Crippen molar-refractivity contribution in [2.75, 3.05) is 11.8 Å². The molecule has 0 unspecified atom stereocenters. The summed E-state index contributed by atoms with van der Waals surface area (Å²) >= 11 is 0. The van der Waals surface area contributed by atoms with Gasteiger partial charge in [-0.1, -0.05) is 19.1 Å². The predicted molar refractivity (Wildman–Crippen MR) is 97.8 cm³/mol. The minimum absolute atomic E-state index is 0.0170. The summed E-state index contributed by atoms with van der Waals surface area (Å²) in [7, 11) is -6.54. The Bertz CT molecular complexity index is 1010. The van der Waals surface area contributed by atoms with E-state index < -0.39 is 20.0 Å². The molecule has 1 aliphatic carbocycles. The summed E-state index contributed by atoms with van der Waals surface area (Å²) < 4.78 is 56.1. The highest BCUT2D eigenvalue weighted by Crippen LogP contribution is 2.31. The molecule has 0 aliphatic heterocycles. The number of anilines is 1. The maximum absolute atomic E-state index is 12.7. The van der Waals surface area contributed by atoms with E-state index in [0.29, 0.717) is 18.2 Å². The second-order valence-electron chi connectivity index (χ2n) is 6.25. The fourth-order valence-electron chi connectivity index (χ4n) is 2.67. The third-order valence-electron chi connectivity index (χ3n) is 4.27. The Morgan fingerprint density at radius 1 is 1.15 bits per heavy atom. The van der Waals surface area contributed by atoms with Crippen LogP contribution in [0.4, 0.5) is 5.69 Å². The molecule has 8 nitrogen and oxygen atoms in total. The molecule has 0 spiro atoms. The van der Waals surface area contributed by atoms with Gasteiger partial charge in [0.15, 0.2) is 5.03 Å². The minimum atomic E-state index is -4.01. The van der Waals surface area contributed by atoms with Crippen LogP contribution in [0.5, 0.6) is 0 Å². The monoisotopic (exact) mass is 398 g/mol. The Morgan fingerprint density at radius 3 is 2.46 bits per heavy atom. The van der Waals surface area contributed by atoms with Crippen LogP contribution in [0, 0.1) is 5.92 Å². The van der Waals surface area contributed by atoms with Gasteiger partial charge in [0.05, 0.1) is 5.69 Å². The smallest absolute Gasteiger partial charge is 0.280 e. The molecular weight excluding hydrogens is 376 g/mol. The zero-order valence-corrected chi connectivity index (χ0v) is 16.3. The molecule has 1 heterocycles. The van der Waals surface area contributed by atoms with Gasteiger partial charge in [-0.3, -0.25) is 4.72 Å². The molecule has 1 fully saturated rings. The van der Waals surface area contributed by atoms with E-state index in [2.05, 4.69) is 14.4 Å². The first-order valence-corrected chi connectivity index (χ1v) is 11.3. The largest absolute Gasteiger partial charge is 0.333 e. The van der Waals surface area contributed by atoms with Crippen molar-refractivity contribution in [3.05, 3.63) is 36.3 Å². The molecule has 10 heteroatoms. The van der Waals surface area contributed by atoms with Crippen molar-refractivity contribution >= 4 is 25.7 Å². The minimum Gasteiger partial charge on any atom is -0.333 e. The third-order valence-corrected chi connectivity index (χ3v) is 6.98. The first-order valence-electron chi connectivity index (χ1n) is 8.38. The SMILES string of the molecule is CCc1nc(S(=O)(=O)Nc2ccccc2S(=O)(=O)NC)cn1CC1CC1. The molecule has 142 valence electrons. The van der Waals surface area contributed by atoms with E-state index in [1.165, 1.54) is 31.4 Å². The molecule has 0 atom stereocenters. The van der Waals surface area contributed by atoms with Crippen molar-refractivity contribution in [3.8, 4) is 0 Å². The number of nitrogens with one attached hydrogen (secondary N) is 2. The standard InChI is InChI=1S/C16H22N4O4S2/c1-3-15-18-16(11-20(15)10-12-8-9-12)26(23,24)19-13-6-4-5-7-14(13)25(21,22)17-2/h4-7,11-12,17,19H,3,8-10H2,1-2H3. The maximum atomic E-state index is 12.7. The molecule has 1 aliphatic rings. The molecule has 1 aromatic heterocycles. The van der Waals surface area contributed by atoms with E-state index in [4.69, 9.17) is 0 Å². The number of para-hydroxylation sites is 1. The molecule has 2 N–H and O–H groups in total. The molecule has 0 saturated heterocycles. The fourth-order valence-corrected chi connectivity index (χ4v) is 4.68. The average molecular weight is 399 g/mol. The van der Waals surface area contributed by atoms with Crippen LogP contribution in [0.15, 0.2) is 40.4 Å². The topological polar surface area (TPSA) is 110 Å². The number of hydrogen-bond donors (Lipinski definition) is 2. The Hall–Kier alpha value is -1.91. The number of benzene rings is 1. The van der Waals surface area contributed by atoms with E-state index in [1.54, 1.807) is 6.07 Å². The second-order valence-corrected chi connectivity index (χ2v) is 9.74. The van der Waals surface area contributed by atoms with Gasteiger partial charge >= 0.3 is 0 Å². The van der Waals surface area contributed by atoms with Crippen LogP contribution >= 0.6 is 0 Å². The number of aryl methyl sites for hydroxylation is 1. The Kier molecular flexibility index (Phi) is 5.09. The lowest BCUT2D eigenvalue weighted by atomic mass is 10.3. The number of hydrogen-bond acceptors (Lipinski definition) is 5. The number of aromatic nitrogens is 2. The Labute approximate surface area is 153 Å². The first kappa shape index (κ1) is 18.9. The van der Waals surface area contributed by atoms with Gasteiger partial charge in [-0.25, -0.2) is 18.1 Å². The van der Waals surface area contributed by atoms with E-state index >= 15 is 0 Å². The van der Waals surface area contributed by atoms with Crippen LogP contribution in [0.1, 0.15) is 25.6 Å². The number of nitrogens with zero attached hydrogens (tertiary/aromatic N) is 2. The normalized spacial score (nSPS) is 15.2. The second kappa shape index (κ2) is 7.01. The molecule has 2 aromatic rings. The lowest BCUT2D eigenvalue weighted by molar-refractivity contribution is 0.588. The summed E-state index contributed by atoms with van der Waals surface area (Å²) in [6.07, 6.45) is 4.44. The molecule has 1 aromatic carbocycles. The number of rotatable bonds is 8. The quantitative estimate of drug-likeness (QED) is 0.701. The summed E-state index contributed by atoms with van der Waals surface area (Å²) in [6.45, 7) is 2.68. The van der Waals surface area contributed by atoms with Crippen LogP contribution < -0.4 is 9.44 Å². The summed E-state index contributed by atoms with van der Waals surface area (Å²) in [4.78, 5) is 4.10. The van der Waals surface area contributed by atoms with Crippen LogP contribution in [0.2, 0.25) is 0 Å². The summed E-state index contributed by atoms with van der Waals surface area (Å²) in [5.74, 6) is 1.29. The predicted octanol–water partition coefficient (Wildman–Crippen LogP) is 1.56.